The lowest BCUT2D eigenvalue weighted by Crippen LogP contribution is -1.78. The number of benzene rings is 3. The second-order valence-electron chi connectivity index (χ2n) is 4.86. The number of hydrogen-bond donors (Lipinski definition) is 0. The highest BCUT2D eigenvalue weighted by molar-refractivity contribution is 9.11. The zero-order chi connectivity index (χ0) is 13.0. The highest BCUT2D eigenvalue weighted by atomic mass is 79.9. The molecular weight excluding hydrogens is 316 g/mol. The first-order valence-electron chi connectivity index (χ1n) is 6.24. The molecule has 0 saturated carbocycles. The highest BCUT2D eigenvalue weighted by Crippen LogP contribution is 2.39. The average Bonchev–Trinajstić information content (AvgIpc) is 2.72. The molecule has 0 amide bonds. The summed E-state index contributed by atoms with van der Waals surface area (Å²) in [6, 6.07) is 17.6. The molecule has 0 aliphatic carbocycles. The Morgan fingerprint density at radius 2 is 1.63 bits per heavy atom. The summed E-state index contributed by atoms with van der Waals surface area (Å²) in [7, 11) is 0. The van der Waals surface area contributed by atoms with E-state index >= 15 is 0 Å². The van der Waals surface area contributed by atoms with Crippen molar-refractivity contribution in [3.63, 3.8) is 0 Å². The summed E-state index contributed by atoms with van der Waals surface area (Å²) in [4.78, 5) is 0. The Morgan fingerprint density at radius 1 is 0.895 bits per heavy atom. The molecule has 0 spiro atoms. The Kier molecular flexibility index (Phi) is 2.44. The predicted octanol–water partition coefficient (Wildman–Crippen LogP) is 6.28. The van der Waals surface area contributed by atoms with E-state index in [9.17, 15) is 0 Å². The minimum absolute atomic E-state index is 1.24. The SMILES string of the molecule is Cc1c(Br)sc2ccc3cc4ccccc4cc3c12. The molecule has 3 aromatic carbocycles. The quantitative estimate of drug-likeness (QED) is 0.333. The van der Waals surface area contributed by atoms with Crippen molar-refractivity contribution in [2.24, 2.45) is 0 Å². The predicted molar refractivity (Wildman–Crippen MR) is 89.3 cm³/mol. The first kappa shape index (κ1) is 11.4. The van der Waals surface area contributed by atoms with E-state index in [2.05, 4.69) is 71.4 Å². The smallest absolute Gasteiger partial charge is 0.0740 e. The average molecular weight is 327 g/mol. The molecule has 0 saturated heterocycles. The van der Waals surface area contributed by atoms with Crippen LogP contribution in [0, 0.1) is 6.92 Å². The summed E-state index contributed by atoms with van der Waals surface area (Å²) in [5.41, 5.74) is 1.35. The van der Waals surface area contributed by atoms with E-state index in [0.29, 0.717) is 0 Å². The van der Waals surface area contributed by atoms with Gasteiger partial charge >= 0.3 is 0 Å². The van der Waals surface area contributed by atoms with Crippen LogP contribution in [0.4, 0.5) is 0 Å². The lowest BCUT2D eigenvalue weighted by Gasteiger charge is -2.04. The summed E-state index contributed by atoms with van der Waals surface area (Å²) in [5, 5.41) is 6.68. The Labute approximate surface area is 123 Å². The van der Waals surface area contributed by atoms with Crippen molar-refractivity contribution in [3.05, 3.63) is 57.9 Å². The van der Waals surface area contributed by atoms with Crippen molar-refractivity contribution in [2.75, 3.05) is 0 Å². The molecule has 0 aliphatic heterocycles. The highest BCUT2D eigenvalue weighted by Gasteiger charge is 2.10. The lowest BCUT2D eigenvalue weighted by atomic mass is 10.00. The Bertz CT molecular complexity index is 934. The van der Waals surface area contributed by atoms with Crippen molar-refractivity contribution < 1.29 is 0 Å². The van der Waals surface area contributed by atoms with Crippen LogP contribution in [0.15, 0.2) is 52.3 Å². The molecule has 4 rings (SSSR count). The van der Waals surface area contributed by atoms with Crippen LogP contribution in [0.5, 0.6) is 0 Å². The van der Waals surface area contributed by atoms with Gasteiger partial charge in [-0.2, -0.15) is 0 Å². The third-order valence-electron chi connectivity index (χ3n) is 3.72. The van der Waals surface area contributed by atoms with E-state index in [4.69, 9.17) is 0 Å². The van der Waals surface area contributed by atoms with E-state index in [0.717, 1.165) is 0 Å². The van der Waals surface area contributed by atoms with Gasteiger partial charge in [-0.3, -0.25) is 0 Å². The van der Waals surface area contributed by atoms with Gasteiger partial charge in [-0.05, 0) is 68.2 Å². The number of halogens is 1. The molecule has 4 aromatic rings. The van der Waals surface area contributed by atoms with Crippen LogP contribution in [0.3, 0.4) is 0 Å². The maximum atomic E-state index is 3.66. The number of aryl methyl sites for hydroxylation is 1. The fraction of sp³-hybridized carbons (Fsp3) is 0.0588. The Balaban J connectivity index is 2.28. The summed E-state index contributed by atoms with van der Waals surface area (Å²) in [6.45, 7) is 2.19. The van der Waals surface area contributed by atoms with Crippen molar-refractivity contribution in [1.82, 2.24) is 0 Å². The molecule has 2 heteroatoms. The van der Waals surface area contributed by atoms with E-state index in [-0.39, 0.29) is 0 Å². The van der Waals surface area contributed by atoms with Gasteiger partial charge in [0, 0.05) is 10.1 Å². The molecule has 19 heavy (non-hydrogen) atoms. The van der Waals surface area contributed by atoms with Gasteiger partial charge in [0.2, 0.25) is 0 Å². The zero-order valence-corrected chi connectivity index (χ0v) is 12.8. The van der Waals surface area contributed by atoms with Gasteiger partial charge in [-0.25, -0.2) is 0 Å². The van der Waals surface area contributed by atoms with Gasteiger partial charge in [-0.15, -0.1) is 11.3 Å². The largest absolute Gasteiger partial charge is 0.128 e. The number of hydrogen-bond acceptors (Lipinski definition) is 1. The van der Waals surface area contributed by atoms with Gasteiger partial charge in [0.05, 0.1) is 3.79 Å². The van der Waals surface area contributed by atoms with Gasteiger partial charge in [0.25, 0.3) is 0 Å². The number of thiophene rings is 1. The Hall–Kier alpha value is -1.38. The molecule has 92 valence electrons. The number of rotatable bonds is 0. The van der Waals surface area contributed by atoms with Crippen molar-refractivity contribution in [3.8, 4) is 0 Å². The second-order valence-corrected chi connectivity index (χ2v) is 7.23. The third kappa shape index (κ3) is 1.63. The fourth-order valence-corrected chi connectivity index (χ4v) is 4.41. The van der Waals surface area contributed by atoms with Crippen LogP contribution in [0.2, 0.25) is 0 Å². The summed E-state index contributed by atoms with van der Waals surface area (Å²) < 4.78 is 2.59. The Morgan fingerprint density at radius 3 is 2.42 bits per heavy atom. The molecule has 0 atom stereocenters. The van der Waals surface area contributed by atoms with Crippen molar-refractivity contribution in [2.45, 2.75) is 6.92 Å². The van der Waals surface area contributed by atoms with Crippen molar-refractivity contribution >= 4 is 58.9 Å². The monoisotopic (exact) mass is 326 g/mol. The van der Waals surface area contributed by atoms with Crippen LogP contribution in [0.1, 0.15) is 5.56 Å². The summed E-state index contributed by atoms with van der Waals surface area (Å²) >= 11 is 5.48. The number of fused-ring (bicyclic) bond motifs is 4. The van der Waals surface area contributed by atoms with Crippen LogP contribution in [-0.4, -0.2) is 0 Å². The minimum Gasteiger partial charge on any atom is -0.128 e. The van der Waals surface area contributed by atoms with Gasteiger partial charge < -0.3 is 0 Å². The molecule has 0 bridgehead atoms. The first-order valence-corrected chi connectivity index (χ1v) is 7.85. The van der Waals surface area contributed by atoms with E-state index < -0.39 is 0 Å². The first-order chi connectivity index (χ1) is 9.24. The van der Waals surface area contributed by atoms with Crippen molar-refractivity contribution in [1.29, 1.82) is 0 Å². The van der Waals surface area contributed by atoms with E-state index in [1.807, 2.05) is 11.3 Å². The van der Waals surface area contributed by atoms with Crippen LogP contribution in [-0.2, 0) is 0 Å². The molecular formula is C17H11BrS. The standard InChI is InChI=1S/C17H11BrS/c1-10-16-14-9-12-5-3-2-4-11(12)8-13(14)6-7-15(16)19-17(10)18/h2-9H,1H3. The zero-order valence-electron chi connectivity index (χ0n) is 10.4. The summed E-state index contributed by atoms with van der Waals surface area (Å²) in [6.07, 6.45) is 0. The molecule has 0 nitrogen and oxygen atoms in total. The van der Waals surface area contributed by atoms with E-state index in [1.165, 1.54) is 41.0 Å². The maximum absolute atomic E-state index is 3.66. The topological polar surface area (TPSA) is 0 Å². The molecule has 0 fully saturated rings. The summed E-state index contributed by atoms with van der Waals surface area (Å²) in [5.74, 6) is 0. The lowest BCUT2D eigenvalue weighted by molar-refractivity contribution is 1.58. The molecule has 1 aromatic heterocycles. The minimum atomic E-state index is 1.24. The second kappa shape index (κ2) is 4.06. The fourth-order valence-electron chi connectivity index (χ4n) is 2.74. The van der Waals surface area contributed by atoms with Crippen LogP contribution >= 0.6 is 27.3 Å². The third-order valence-corrected chi connectivity index (χ3v) is 5.84. The van der Waals surface area contributed by atoms with Crippen LogP contribution < -0.4 is 0 Å². The molecule has 0 radical (unpaired) electrons. The maximum Gasteiger partial charge on any atom is 0.0740 e. The molecule has 0 unspecified atom stereocenters. The van der Waals surface area contributed by atoms with E-state index in [1.54, 1.807) is 0 Å². The van der Waals surface area contributed by atoms with Gasteiger partial charge in [-0.1, -0.05) is 30.3 Å². The normalized spacial score (nSPS) is 11.7. The van der Waals surface area contributed by atoms with Gasteiger partial charge in [0.15, 0.2) is 0 Å². The molecule has 0 aliphatic rings. The molecule has 1 heterocycles. The molecule has 0 N–H and O–H groups in total. The van der Waals surface area contributed by atoms with Crippen LogP contribution in [0.25, 0.3) is 31.6 Å². The van der Waals surface area contributed by atoms with Gasteiger partial charge in [0.1, 0.15) is 0 Å².